The molecule has 68 heavy (non-hydrogen) atoms. The van der Waals surface area contributed by atoms with E-state index < -0.39 is 0 Å². The second-order valence-electron chi connectivity index (χ2n) is 19.5. The van der Waals surface area contributed by atoms with Crippen LogP contribution in [0.4, 0.5) is 0 Å². The predicted molar refractivity (Wildman–Crippen MR) is 283 cm³/mol. The van der Waals surface area contributed by atoms with E-state index >= 15 is 0 Å². The molecule has 0 unspecified atom stereocenters. The van der Waals surface area contributed by atoms with Gasteiger partial charge in [0.25, 0.3) is 0 Å². The van der Waals surface area contributed by atoms with E-state index in [1.807, 2.05) is 12.1 Å². The SMILES string of the molecule is CC(C)c1cc(-c2ccccc2)cc(C(C)C)c1-c1ccc2c(c1)[n+](-c1cccc(Oc3cccc(-c4nc5ccccc5n4-c4c(C(C)C)cc(-c5ccccc5)cc4C(C)C)c3)c1)[c-]n2C. The summed E-state index contributed by atoms with van der Waals surface area (Å²) in [7, 11) is 2.07. The number of imidazole rings is 2. The molecule has 0 fully saturated rings. The molecule has 10 rings (SSSR count). The smallest absolute Gasteiger partial charge is 0.244 e. The predicted octanol–water partition coefficient (Wildman–Crippen LogP) is 16.5. The lowest BCUT2D eigenvalue weighted by molar-refractivity contribution is -0.572. The summed E-state index contributed by atoms with van der Waals surface area (Å²) in [5, 5.41) is 0. The van der Waals surface area contributed by atoms with Crippen molar-refractivity contribution in [2.75, 3.05) is 0 Å². The number of ether oxygens (including phenoxy) is 1. The molecule has 0 radical (unpaired) electrons. The third-order valence-corrected chi connectivity index (χ3v) is 13.4. The Morgan fingerprint density at radius 2 is 0.985 bits per heavy atom. The molecule has 0 saturated carbocycles. The van der Waals surface area contributed by atoms with Crippen LogP contribution in [0.15, 0.2) is 176 Å². The summed E-state index contributed by atoms with van der Waals surface area (Å²) < 4.78 is 13.4. The van der Waals surface area contributed by atoms with Crippen LogP contribution >= 0.6 is 0 Å². The number of hydrogen-bond donors (Lipinski definition) is 0. The number of benzene rings is 8. The van der Waals surface area contributed by atoms with Gasteiger partial charge in [-0.1, -0.05) is 183 Å². The van der Waals surface area contributed by atoms with Crippen molar-refractivity contribution in [3.63, 3.8) is 0 Å². The van der Waals surface area contributed by atoms with E-state index in [2.05, 4.69) is 246 Å². The Morgan fingerprint density at radius 1 is 0.456 bits per heavy atom. The first kappa shape index (κ1) is 44.3. The lowest BCUT2D eigenvalue weighted by atomic mass is 9.82. The fourth-order valence-corrected chi connectivity index (χ4v) is 9.91. The zero-order chi connectivity index (χ0) is 47.2. The quantitative estimate of drug-likeness (QED) is 0.0905. The largest absolute Gasteiger partial charge is 0.458 e. The summed E-state index contributed by atoms with van der Waals surface area (Å²) in [4.78, 5) is 5.35. The highest BCUT2D eigenvalue weighted by molar-refractivity contribution is 5.87. The summed E-state index contributed by atoms with van der Waals surface area (Å²) in [6.45, 7) is 18.4. The maximum atomic E-state index is 6.78. The molecule has 8 aromatic carbocycles. The van der Waals surface area contributed by atoms with Gasteiger partial charge in [-0.3, -0.25) is 4.57 Å². The molecule has 0 saturated heterocycles. The minimum atomic E-state index is 0.270. The first-order valence-corrected chi connectivity index (χ1v) is 24.2. The zero-order valence-corrected chi connectivity index (χ0v) is 40.7. The molecule has 338 valence electrons. The average Bonchev–Trinajstić information content (AvgIpc) is 3.91. The van der Waals surface area contributed by atoms with Crippen LogP contribution in [-0.2, 0) is 7.05 Å². The number of rotatable bonds is 12. The molecule has 10 aromatic rings. The van der Waals surface area contributed by atoms with Crippen LogP contribution in [0.5, 0.6) is 11.5 Å². The Morgan fingerprint density at radius 3 is 1.59 bits per heavy atom. The van der Waals surface area contributed by atoms with Crippen LogP contribution < -0.4 is 9.30 Å². The molecule has 0 aliphatic rings. The number of hydrogen-bond acceptors (Lipinski definition) is 2. The molecule has 2 aromatic heterocycles. The van der Waals surface area contributed by atoms with Gasteiger partial charge in [0.05, 0.1) is 40.5 Å². The van der Waals surface area contributed by atoms with Gasteiger partial charge in [0.2, 0.25) is 6.33 Å². The van der Waals surface area contributed by atoms with Gasteiger partial charge < -0.3 is 13.9 Å². The number of nitrogens with zero attached hydrogens (tertiary/aromatic N) is 4. The van der Waals surface area contributed by atoms with Crippen LogP contribution in [0.1, 0.15) is 101 Å². The van der Waals surface area contributed by atoms with Gasteiger partial charge in [-0.2, -0.15) is 0 Å². The van der Waals surface area contributed by atoms with Gasteiger partial charge in [-0.05, 0) is 128 Å². The summed E-state index contributed by atoms with van der Waals surface area (Å²) in [5.41, 5.74) is 20.2. The third kappa shape index (κ3) is 8.32. The minimum absolute atomic E-state index is 0.270. The molecular weight excluding hydrogens is 829 g/mol. The summed E-state index contributed by atoms with van der Waals surface area (Å²) in [6.07, 6.45) is 3.61. The number of fused-ring (bicyclic) bond motifs is 2. The van der Waals surface area contributed by atoms with Gasteiger partial charge >= 0.3 is 0 Å². The molecule has 2 heterocycles. The van der Waals surface area contributed by atoms with Gasteiger partial charge in [-0.15, -0.1) is 0 Å². The third-order valence-electron chi connectivity index (χ3n) is 13.4. The molecule has 0 aliphatic carbocycles. The van der Waals surface area contributed by atoms with Crippen LogP contribution in [0.25, 0.3) is 78.2 Å². The van der Waals surface area contributed by atoms with Crippen molar-refractivity contribution in [1.29, 1.82) is 0 Å². The van der Waals surface area contributed by atoms with E-state index in [9.17, 15) is 0 Å². The fraction of sp³-hybridized carbons (Fsp3) is 0.206. The van der Waals surface area contributed by atoms with Crippen LogP contribution in [-0.4, -0.2) is 14.1 Å². The van der Waals surface area contributed by atoms with E-state index in [1.54, 1.807) is 0 Å². The fourth-order valence-electron chi connectivity index (χ4n) is 9.91. The lowest BCUT2D eigenvalue weighted by Gasteiger charge is -2.24. The van der Waals surface area contributed by atoms with Crippen molar-refractivity contribution in [3.05, 3.63) is 205 Å². The maximum absolute atomic E-state index is 6.78. The molecule has 0 N–H and O–H groups in total. The summed E-state index contributed by atoms with van der Waals surface area (Å²) in [6, 6.07) is 63.1. The Bertz CT molecular complexity index is 3390. The van der Waals surface area contributed by atoms with E-state index in [0.29, 0.717) is 11.8 Å². The molecular formula is C63H60N4O. The minimum Gasteiger partial charge on any atom is -0.458 e. The van der Waals surface area contributed by atoms with E-state index in [4.69, 9.17) is 9.72 Å². The van der Waals surface area contributed by atoms with Crippen molar-refractivity contribution in [2.45, 2.75) is 79.1 Å². The standard InChI is InChI=1S/C63H60N4O/c1-40(2)53-33-48(44-20-12-10-13-21-44)34-54(41(3)4)61(53)46-30-31-59-60(37-46)66(39-65(59)9)50-25-19-27-52(38-50)68-51-26-18-24-47(32-51)63-64-57-28-16-17-29-58(57)67(63)62-55(42(5)6)35-49(36-56(62)43(7)8)45-22-14-11-15-23-45/h10-38,40-43H,1-9H3. The monoisotopic (exact) mass is 888 g/mol. The molecule has 0 atom stereocenters. The van der Waals surface area contributed by atoms with Crippen molar-refractivity contribution in [2.24, 2.45) is 7.05 Å². The maximum Gasteiger partial charge on any atom is 0.244 e. The number of para-hydroxylation sites is 2. The molecule has 0 bridgehead atoms. The highest BCUT2D eigenvalue weighted by atomic mass is 16.5. The number of aromatic nitrogens is 4. The summed E-state index contributed by atoms with van der Waals surface area (Å²) in [5.74, 6) is 3.58. The Kier molecular flexibility index (Phi) is 11.9. The van der Waals surface area contributed by atoms with E-state index in [0.717, 1.165) is 50.6 Å². The second kappa shape index (κ2) is 18.3. The molecule has 5 nitrogen and oxygen atoms in total. The van der Waals surface area contributed by atoms with Crippen LogP contribution in [0.2, 0.25) is 0 Å². The van der Waals surface area contributed by atoms with Gasteiger partial charge in [0, 0.05) is 5.56 Å². The van der Waals surface area contributed by atoms with Gasteiger partial charge in [0.15, 0.2) is 0 Å². The molecule has 5 heteroatoms. The molecule has 0 aliphatic heterocycles. The first-order chi connectivity index (χ1) is 32.9. The van der Waals surface area contributed by atoms with Crippen molar-refractivity contribution >= 4 is 22.1 Å². The Balaban J connectivity index is 1.03. The van der Waals surface area contributed by atoms with Gasteiger partial charge in [0.1, 0.15) is 17.3 Å². The zero-order valence-electron chi connectivity index (χ0n) is 40.7. The Hall–Kier alpha value is -7.50. The van der Waals surface area contributed by atoms with Crippen molar-refractivity contribution in [1.82, 2.24) is 14.1 Å². The Labute approximate surface area is 402 Å². The van der Waals surface area contributed by atoms with E-state index in [-0.39, 0.29) is 11.8 Å². The highest BCUT2D eigenvalue weighted by Gasteiger charge is 2.25. The lowest BCUT2D eigenvalue weighted by Crippen LogP contribution is -2.29. The average molecular weight is 889 g/mol. The van der Waals surface area contributed by atoms with Crippen LogP contribution in [0, 0.1) is 6.33 Å². The topological polar surface area (TPSA) is 35.9 Å². The van der Waals surface area contributed by atoms with Crippen molar-refractivity contribution in [3.8, 4) is 67.6 Å². The van der Waals surface area contributed by atoms with Gasteiger partial charge in [-0.25, -0.2) is 4.98 Å². The number of aryl methyl sites for hydroxylation is 1. The molecule has 0 spiro atoms. The first-order valence-electron chi connectivity index (χ1n) is 24.2. The second-order valence-corrected chi connectivity index (χ2v) is 19.5. The molecule has 0 amide bonds. The van der Waals surface area contributed by atoms with E-state index in [1.165, 1.54) is 61.3 Å². The summed E-state index contributed by atoms with van der Waals surface area (Å²) >= 11 is 0. The highest BCUT2D eigenvalue weighted by Crippen LogP contribution is 2.43. The van der Waals surface area contributed by atoms with Crippen LogP contribution in [0.3, 0.4) is 0 Å². The van der Waals surface area contributed by atoms with Crippen molar-refractivity contribution < 1.29 is 9.30 Å². The normalized spacial score (nSPS) is 11.8.